The minimum Gasteiger partial charge on any atom is -0.379 e. The van der Waals surface area contributed by atoms with Gasteiger partial charge in [-0.25, -0.2) is 4.98 Å². The topological polar surface area (TPSA) is 66.9 Å². The fraction of sp³-hybridized carbons (Fsp3) is 0.292. The fourth-order valence-corrected chi connectivity index (χ4v) is 2.14. The summed E-state index contributed by atoms with van der Waals surface area (Å²) in [4.78, 5) is 20.6. The number of rotatable bonds is 5. The summed E-state index contributed by atoms with van der Waals surface area (Å²) >= 11 is 0. The standard InChI is InChI=1S/C18H16N4O.3C2H6/c23-18(22-15-5-2-1-3-6-15)17-16(7-4-10-20-17)21-13-14-8-11-19-12-9-14;3*1-2/h1-12,21H,13H2,(H,22,23);3*1-2H3. The molecule has 1 aromatic carbocycles. The van der Waals surface area contributed by atoms with Gasteiger partial charge in [-0.2, -0.15) is 0 Å². The van der Waals surface area contributed by atoms with Crippen molar-refractivity contribution >= 4 is 17.3 Å². The molecule has 0 unspecified atom stereocenters. The number of hydrogen-bond donors (Lipinski definition) is 2. The second-order valence-corrected chi connectivity index (χ2v) is 4.93. The highest BCUT2D eigenvalue weighted by Crippen LogP contribution is 2.16. The first-order chi connectivity index (χ1) is 14.3. The molecule has 0 fully saturated rings. The monoisotopic (exact) mass is 394 g/mol. The molecule has 156 valence electrons. The molecule has 1 amide bonds. The fourth-order valence-electron chi connectivity index (χ4n) is 2.14. The van der Waals surface area contributed by atoms with E-state index in [0.717, 1.165) is 11.3 Å². The molecule has 2 N–H and O–H groups in total. The van der Waals surface area contributed by atoms with Crippen molar-refractivity contribution in [2.75, 3.05) is 10.6 Å². The van der Waals surface area contributed by atoms with Gasteiger partial charge in [0, 0.05) is 30.8 Å². The molecule has 0 aliphatic rings. The maximum absolute atomic E-state index is 12.4. The van der Waals surface area contributed by atoms with Crippen LogP contribution in [0.3, 0.4) is 0 Å². The molecule has 2 heterocycles. The number of anilines is 2. The van der Waals surface area contributed by atoms with Gasteiger partial charge in [-0.05, 0) is 42.0 Å². The van der Waals surface area contributed by atoms with Gasteiger partial charge in [-0.3, -0.25) is 9.78 Å². The number of amides is 1. The van der Waals surface area contributed by atoms with E-state index in [-0.39, 0.29) is 5.91 Å². The summed E-state index contributed by atoms with van der Waals surface area (Å²) in [6.45, 7) is 12.6. The van der Waals surface area contributed by atoms with Crippen LogP contribution < -0.4 is 10.6 Å². The van der Waals surface area contributed by atoms with Crippen LogP contribution in [0.4, 0.5) is 11.4 Å². The number of pyridine rings is 2. The average Bonchev–Trinajstić information content (AvgIpc) is 2.83. The number of hydrogen-bond acceptors (Lipinski definition) is 4. The quantitative estimate of drug-likeness (QED) is 0.524. The Morgan fingerprint density at radius 1 is 0.793 bits per heavy atom. The summed E-state index contributed by atoms with van der Waals surface area (Å²) in [6, 6.07) is 16.8. The van der Waals surface area contributed by atoms with Gasteiger partial charge in [0.15, 0.2) is 5.69 Å². The third-order valence-electron chi connectivity index (χ3n) is 3.29. The van der Waals surface area contributed by atoms with E-state index < -0.39 is 0 Å². The zero-order valence-corrected chi connectivity index (χ0v) is 18.4. The van der Waals surface area contributed by atoms with E-state index in [2.05, 4.69) is 20.6 Å². The molecule has 0 saturated heterocycles. The van der Waals surface area contributed by atoms with Crippen molar-refractivity contribution < 1.29 is 4.79 Å². The largest absolute Gasteiger partial charge is 0.379 e. The molecule has 5 nitrogen and oxygen atoms in total. The molecule has 3 rings (SSSR count). The Hall–Kier alpha value is -3.21. The molecule has 0 bridgehead atoms. The summed E-state index contributed by atoms with van der Waals surface area (Å²) in [5.74, 6) is -0.242. The van der Waals surface area contributed by atoms with Crippen LogP contribution in [0, 0.1) is 0 Å². The van der Waals surface area contributed by atoms with Crippen LogP contribution in [0.1, 0.15) is 57.6 Å². The molecule has 0 aliphatic carbocycles. The summed E-state index contributed by atoms with van der Waals surface area (Å²) in [6.07, 6.45) is 5.09. The normalized spacial score (nSPS) is 8.62. The van der Waals surface area contributed by atoms with Crippen molar-refractivity contribution in [1.82, 2.24) is 9.97 Å². The van der Waals surface area contributed by atoms with Crippen LogP contribution in [-0.2, 0) is 6.54 Å². The number of benzene rings is 1. The lowest BCUT2D eigenvalue weighted by Gasteiger charge is -2.11. The lowest BCUT2D eigenvalue weighted by atomic mass is 10.2. The molecular weight excluding hydrogens is 360 g/mol. The van der Waals surface area contributed by atoms with Gasteiger partial charge in [0.1, 0.15) is 0 Å². The van der Waals surface area contributed by atoms with Crippen LogP contribution in [0.15, 0.2) is 73.2 Å². The van der Waals surface area contributed by atoms with Crippen molar-refractivity contribution in [1.29, 1.82) is 0 Å². The van der Waals surface area contributed by atoms with E-state index in [0.29, 0.717) is 17.9 Å². The predicted octanol–water partition coefficient (Wildman–Crippen LogP) is 6.42. The van der Waals surface area contributed by atoms with Crippen LogP contribution in [-0.4, -0.2) is 15.9 Å². The molecule has 0 aliphatic heterocycles. The Kier molecular flexibility index (Phi) is 15.1. The Morgan fingerprint density at radius 3 is 2.03 bits per heavy atom. The third kappa shape index (κ3) is 9.51. The maximum Gasteiger partial charge on any atom is 0.276 e. The highest BCUT2D eigenvalue weighted by Gasteiger charge is 2.12. The Labute approximate surface area is 175 Å². The van der Waals surface area contributed by atoms with Crippen LogP contribution in [0.2, 0.25) is 0 Å². The first-order valence-corrected chi connectivity index (χ1v) is 10.3. The molecule has 29 heavy (non-hydrogen) atoms. The molecule has 5 heteroatoms. The summed E-state index contributed by atoms with van der Waals surface area (Å²) in [7, 11) is 0. The maximum atomic E-state index is 12.4. The number of carbonyl (C=O) groups is 1. The van der Waals surface area contributed by atoms with Gasteiger partial charge in [0.2, 0.25) is 0 Å². The van der Waals surface area contributed by atoms with Gasteiger partial charge in [0.05, 0.1) is 5.69 Å². The average molecular weight is 395 g/mol. The van der Waals surface area contributed by atoms with E-state index in [9.17, 15) is 4.79 Å². The minimum atomic E-state index is -0.242. The molecule has 0 spiro atoms. The second-order valence-electron chi connectivity index (χ2n) is 4.93. The number of carbonyl (C=O) groups excluding carboxylic acids is 1. The minimum absolute atomic E-state index is 0.242. The van der Waals surface area contributed by atoms with Gasteiger partial charge in [0.25, 0.3) is 5.91 Å². The predicted molar refractivity (Wildman–Crippen MR) is 124 cm³/mol. The smallest absolute Gasteiger partial charge is 0.276 e. The summed E-state index contributed by atoms with van der Waals surface area (Å²) in [5.41, 5.74) is 2.88. The lowest BCUT2D eigenvalue weighted by molar-refractivity contribution is 0.102. The molecule has 3 aromatic rings. The molecule has 2 aromatic heterocycles. The van der Waals surface area contributed by atoms with Gasteiger partial charge < -0.3 is 10.6 Å². The first kappa shape index (κ1) is 25.8. The molecular formula is C24H34N4O. The highest BCUT2D eigenvalue weighted by atomic mass is 16.1. The Morgan fingerprint density at radius 2 is 1.41 bits per heavy atom. The van der Waals surface area contributed by atoms with E-state index in [1.165, 1.54) is 0 Å². The van der Waals surface area contributed by atoms with Crippen molar-refractivity contribution in [3.05, 3.63) is 84.4 Å². The number of para-hydroxylation sites is 1. The summed E-state index contributed by atoms with van der Waals surface area (Å²) in [5, 5.41) is 6.09. The van der Waals surface area contributed by atoms with Crippen molar-refractivity contribution in [3.8, 4) is 0 Å². The SMILES string of the molecule is CC.CC.CC.O=C(Nc1ccccc1)c1ncccc1NCc1ccncc1. The molecule has 0 radical (unpaired) electrons. The number of aromatic nitrogens is 2. The van der Waals surface area contributed by atoms with Crippen molar-refractivity contribution in [2.24, 2.45) is 0 Å². The van der Waals surface area contributed by atoms with E-state index >= 15 is 0 Å². The highest BCUT2D eigenvalue weighted by molar-refractivity contribution is 6.06. The van der Waals surface area contributed by atoms with E-state index in [4.69, 9.17) is 0 Å². The van der Waals surface area contributed by atoms with Crippen molar-refractivity contribution in [3.63, 3.8) is 0 Å². The van der Waals surface area contributed by atoms with Crippen molar-refractivity contribution in [2.45, 2.75) is 48.1 Å². The van der Waals surface area contributed by atoms with Crippen LogP contribution in [0.25, 0.3) is 0 Å². The first-order valence-electron chi connectivity index (χ1n) is 10.3. The van der Waals surface area contributed by atoms with Gasteiger partial charge >= 0.3 is 0 Å². The Bertz CT molecular complexity index is 777. The number of nitrogens with zero attached hydrogens (tertiary/aromatic N) is 2. The van der Waals surface area contributed by atoms with E-state index in [1.807, 2.05) is 90.1 Å². The molecule has 0 atom stereocenters. The van der Waals surface area contributed by atoms with E-state index in [1.54, 1.807) is 24.7 Å². The summed E-state index contributed by atoms with van der Waals surface area (Å²) < 4.78 is 0. The van der Waals surface area contributed by atoms with Crippen LogP contribution >= 0.6 is 0 Å². The molecule has 0 saturated carbocycles. The third-order valence-corrected chi connectivity index (χ3v) is 3.29. The number of nitrogens with one attached hydrogen (secondary N) is 2. The lowest BCUT2D eigenvalue weighted by Crippen LogP contribution is -2.16. The zero-order valence-electron chi connectivity index (χ0n) is 18.4. The van der Waals surface area contributed by atoms with Gasteiger partial charge in [-0.15, -0.1) is 0 Å². The van der Waals surface area contributed by atoms with Crippen LogP contribution in [0.5, 0.6) is 0 Å². The Balaban J connectivity index is 0.00000120. The van der Waals surface area contributed by atoms with Gasteiger partial charge in [-0.1, -0.05) is 59.7 Å². The zero-order chi connectivity index (χ0) is 21.9. The second kappa shape index (κ2) is 16.9.